The second-order valence-corrected chi connectivity index (χ2v) is 5.49. The highest BCUT2D eigenvalue weighted by atomic mass is 14.3. The fraction of sp³-hybridized carbons (Fsp3) is 1.00. The first kappa shape index (κ1) is 14.0. The monoisotopic (exact) mass is 198 g/mol. The molecule has 0 heterocycles. The zero-order valence-electron chi connectivity index (χ0n) is 11.2. The molecule has 1 rings (SSSR count). The molecule has 0 aromatic rings. The van der Waals surface area contributed by atoms with E-state index >= 15 is 0 Å². The van der Waals surface area contributed by atoms with Crippen molar-refractivity contribution in [3.05, 3.63) is 0 Å². The van der Waals surface area contributed by atoms with Gasteiger partial charge in [-0.1, -0.05) is 60.8 Å². The first-order chi connectivity index (χ1) is 6.54. The van der Waals surface area contributed by atoms with Crippen LogP contribution in [0.4, 0.5) is 0 Å². The Bertz CT molecular complexity index is 121. The summed E-state index contributed by atoms with van der Waals surface area (Å²) < 4.78 is 0. The van der Waals surface area contributed by atoms with Crippen LogP contribution in [0.3, 0.4) is 0 Å². The van der Waals surface area contributed by atoms with Gasteiger partial charge >= 0.3 is 0 Å². The maximum atomic E-state index is 2.39. The average Bonchev–Trinajstić information content (AvgIpc) is 2.20. The predicted molar refractivity (Wildman–Crippen MR) is 66.5 cm³/mol. The number of hydrogen-bond donors (Lipinski definition) is 0. The second-order valence-electron chi connectivity index (χ2n) is 5.49. The molecule has 0 spiro atoms. The summed E-state index contributed by atoms with van der Waals surface area (Å²) in [5, 5.41) is 0. The van der Waals surface area contributed by atoms with Crippen molar-refractivity contribution in [3.8, 4) is 0 Å². The molecule has 0 aromatic carbocycles. The summed E-state index contributed by atoms with van der Waals surface area (Å²) in [6.07, 6.45) is 7.32. The quantitative estimate of drug-likeness (QED) is 0.538. The van der Waals surface area contributed by atoms with Crippen molar-refractivity contribution in [3.63, 3.8) is 0 Å². The fourth-order valence-corrected chi connectivity index (χ4v) is 2.44. The van der Waals surface area contributed by atoms with Gasteiger partial charge < -0.3 is 0 Å². The Morgan fingerprint density at radius 2 is 1.36 bits per heavy atom. The molecule has 1 saturated carbocycles. The lowest BCUT2D eigenvalue weighted by atomic mass is 9.69. The van der Waals surface area contributed by atoms with Crippen LogP contribution in [0, 0.1) is 17.3 Å². The van der Waals surface area contributed by atoms with E-state index in [0.717, 1.165) is 11.8 Å². The molecule has 1 aliphatic carbocycles. The smallest absolute Gasteiger partial charge is 0.0354 e. The van der Waals surface area contributed by atoms with Gasteiger partial charge in [0.05, 0.1) is 0 Å². The molecule has 1 aliphatic rings. The summed E-state index contributed by atoms with van der Waals surface area (Å²) >= 11 is 0. The van der Waals surface area contributed by atoms with E-state index in [1.54, 1.807) is 0 Å². The summed E-state index contributed by atoms with van der Waals surface area (Å²) in [6, 6.07) is 0. The molecule has 0 aliphatic heterocycles. The molecule has 0 aromatic heterocycles. The summed E-state index contributed by atoms with van der Waals surface area (Å²) in [5.41, 5.74) is 0.554. The van der Waals surface area contributed by atoms with Crippen molar-refractivity contribution in [2.45, 2.75) is 73.6 Å². The zero-order chi connectivity index (χ0) is 11.2. The van der Waals surface area contributed by atoms with Gasteiger partial charge in [-0.15, -0.1) is 0 Å². The fourth-order valence-electron chi connectivity index (χ4n) is 2.44. The van der Waals surface area contributed by atoms with E-state index in [1.807, 2.05) is 13.8 Å². The molecule has 86 valence electrons. The van der Waals surface area contributed by atoms with Crippen LogP contribution in [0.15, 0.2) is 0 Å². The lowest BCUT2D eigenvalue weighted by Gasteiger charge is -2.36. The van der Waals surface area contributed by atoms with E-state index in [4.69, 9.17) is 0 Å². The van der Waals surface area contributed by atoms with Gasteiger partial charge in [0.2, 0.25) is 0 Å². The van der Waals surface area contributed by atoms with Gasteiger partial charge in [-0.25, -0.2) is 0 Å². The predicted octanol–water partition coefficient (Wildman–Crippen LogP) is 5.28. The Morgan fingerprint density at radius 1 is 0.929 bits per heavy atom. The molecule has 0 nitrogen and oxygen atoms in total. The molecular weight excluding hydrogens is 168 g/mol. The van der Waals surface area contributed by atoms with E-state index in [1.165, 1.54) is 32.1 Å². The minimum absolute atomic E-state index is 0.554. The van der Waals surface area contributed by atoms with E-state index in [2.05, 4.69) is 27.7 Å². The first-order valence-electron chi connectivity index (χ1n) is 6.54. The first-order valence-corrected chi connectivity index (χ1v) is 6.54. The molecule has 0 bridgehead atoms. The molecule has 1 fully saturated rings. The van der Waals surface area contributed by atoms with Gasteiger partial charge in [0.25, 0.3) is 0 Å². The minimum Gasteiger partial charge on any atom is -0.0683 e. The summed E-state index contributed by atoms with van der Waals surface area (Å²) in [5.74, 6) is 2.03. The minimum atomic E-state index is 0.554. The zero-order valence-corrected chi connectivity index (χ0v) is 11.2. The van der Waals surface area contributed by atoms with Crippen LogP contribution in [0.1, 0.15) is 73.6 Å². The molecule has 0 unspecified atom stereocenters. The van der Waals surface area contributed by atoms with Gasteiger partial charge in [0.15, 0.2) is 0 Å². The van der Waals surface area contributed by atoms with Gasteiger partial charge in [0, 0.05) is 0 Å². The normalized spacial score (nSPS) is 27.9. The topological polar surface area (TPSA) is 0 Å². The summed E-state index contributed by atoms with van der Waals surface area (Å²) in [6.45, 7) is 13.5. The van der Waals surface area contributed by atoms with Crippen LogP contribution in [-0.2, 0) is 0 Å². The Kier molecular flexibility index (Phi) is 6.48. The highest BCUT2D eigenvalue weighted by molar-refractivity contribution is 4.79. The second kappa shape index (κ2) is 6.48. The third-order valence-corrected chi connectivity index (χ3v) is 3.65. The van der Waals surface area contributed by atoms with Crippen molar-refractivity contribution >= 4 is 0 Å². The Balaban J connectivity index is 0.000000791. The summed E-state index contributed by atoms with van der Waals surface area (Å²) in [7, 11) is 0. The summed E-state index contributed by atoms with van der Waals surface area (Å²) in [4.78, 5) is 0. The van der Waals surface area contributed by atoms with Crippen molar-refractivity contribution in [1.82, 2.24) is 0 Å². The molecule has 0 amide bonds. The van der Waals surface area contributed by atoms with Crippen LogP contribution in [0.5, 0.6) is 0 Å². The Morgan fingerprint density at radius 3 is 1.64 bits per heavy atom. The maximum Gasteiger partial charge on any atom is -0.0354 e. The van der Waals surface area contributed by atoms with Crippen LogP contribution >= 0.6 is 0 Å². The lowest BCUT2D eigenvalue weighted by molar-refractivity contribution is 0.148. The van der Waals surface area contributed by atoms with Crippen molar-refractivity contribution in [1.29, 1.82) is 0 Å². The van der Waals surface area contributed by atoms with Gasteiger partial charge in [-0.05, 0) is 30.1 Å². The van der Waals surface area contributed by atoms with E-state index < -0.39 is 0 Å². The lowest BCUT2D eigenvalue weighted by Crippen LogP contribution is -2.25. The molecule has 0 radical (unpaired) electrons. The van der Waals surface area contributed by atoms with Crippen LogP contribution in [0.25, 0.3) is 0 Å². The molecule has 0 saturated heterocycles. The van der Waals surface area contributed by atoms with Crippen LogP contribution < -0.4 is 0 Å². The number of rotatable bonds is 1. The molecule has 0 atom stereocenters. The third kappa shape index (κ3) is 4.48. The third-order valence-electron chi connectivity index (χ3n) is 3.65. The molecule has 0 heteroatoms. The maximum absolute atomic E-state index is 2.39. The SMILES string of the molecule is CC.CCC1CCC(C(C)(C)C)CC1. The van der Waals surface area contributed by atoms with E-state index in [0.29, 0.717) is 5.41 Å². The van der Waals surface area contributed by atoms with Gasteiger partial charge in [-0.3, -0.25) is 0 Å². The van der Waals surface area contributed by atoms with Gasteiger partial charge in [0.1, 0.15) is 0 Å². The van der Waals surface area contributed by atoms with E-state index in [9.17, 15) is 0 Å². The highest BCUT2D eigenvalue weighted by Crippen LogP contribution is 2.40. The average molecular weight is 198 g/mol. The van der Waals surface area contributed by atoms with Crippen molar-refractivity contribution in [2.75, 3.05) is 0 Å². The molecule has 14 heavy (non-hydrogen) atoms. The number of hydrogen-bond acceptors (Lipinski definition) is 0. The largest absolute Gasteiger partial charge is 0.0683 e. The molecular formula is C14H30. The Hall–Kier alpha value is 0. The van der Waals surface area contributed by atoms with Gasteiger partial charge in [-0.2, -0.15) is 0 Å². The van der Waals surface area contributed by atoms with Crippen molar-refractivity contribution < 1.29 is 0 Å². The molecule has 0 N–H and O–H groups in total. The standard InChI is InChI=1S/C12H24.C2H6/c1-5-10-6-8-11(9-7-10)12(2,3)4;1-2/h10-11H,5-9H2,1-4H3;1-2H3. The Labute approximate surface area is 91.5 Å². The highest BCUT2D eigenvalue weighted by Gasteiger charge is 2.28. The van der Waals surface area contributed by atoms with E-state index in [-0.39, 0.29) is 0 Å². The van der Waals surface area contributed by atoms with Crippen molar-refractivity contribution in [2.24, 2.45) is 17.3 Å². The van der Waals surface area contributed by atoms with Crippen LogP contribution in [0.2, 0.25) is 0 Å². The van der Waals surface area contributed by atoms with Crippen LogP contribution in [-0.4, -0.2) is 0 Å².